The van der Waals surface area contributed by atoms with Crippen molar-refractivity contribution in [2.75, 3.05) is 0 Å². The number of rotatable bonds is 7. The number of allylic oxidation sites excluding steroid dienone is 1. The van der Waals surface area contributed by atoms with E-state index in [1.54, 1.807) is 0 Å². The molecule has 1 rings (SSSR count). The molecule has 0 aromatic heterocycles. The Morgan fingerprint density at radius 3 is 2.69 bits per heavy atom. The summed E-state index contributed by atoms with van der Waals surface area (Å²) in [7, 11) is 0. The number of hydrogen-bond donors (Lipinski definition) is 2. The third-order valence-electron chi connectivity index (χ3n) is 2.72. The average Bonchev–Trinajstić information content (AvgIpc) is 2.34. The van der Waals surface area contributed by atoms with Crippen LogP contribution in [0.5, 0.6) is 0 Å². The van der Waals surface area contributed by atoms with E-state index >= 15 is 0 Å². The van der Waals surface area contributed by atoms with Crippen molar-refractivity contribution in [3.05, 3.63) is 48.0 Å². The molecule has 2 N–H and O–H groups in total. The van der Waals surface area contributed by atoms with Gasteiger partial charge in [-0.2, -0.15) is 0 Å². The maximum Gasteiger partial charge on any atom is 0.0793 e. The van der Waals surface area contributed by atoms with Gasteiger partial charge in [0.05, 0.1) is 12.7 Å². The Labute approximate surface area is 97.2 Å². The van der Waals surface area contributed by atoms with Crippen molar-refractivity contribution in [1.29, 1.82) is 0 Å². The fourth-order valence-electron chi connectivity index (χ4n) is 1.79. The first kappa shape index (κ1) is 12.9. The highest BCUT2D eigenvalue weighted by atomic mass is 16.3. The highest BCUT2D eigenvalue weighted by molar-refractivity contribution is 5.28. The lowest BCUT2D eigenvalue weighted by molar-refractivity contribution is 0.159. The quantitative estimate of drug-likeness (QED) is 0.548. The molecule has 0 fully saturated rings. The van der Waals surface area contributed by atoms with E-state index in [0.29, 0.717) is 0 Å². The summed E-state index contributed by atoms with van der Waals surface area (Å²) in [6.45, 7) is 3.65. The molecule has 0 aliphatic rings. The average molecular weight is 220 g/mol. The highest BCUT2D eigenvalue weighted by Gasteiger charge is 2.10. The molecule has 1 aromatic rings. The lowest BCUT2D eigenvalue weighted by Crippen LogP contribution is -2.02. The minimum Gasteiger partial charge on any atom is -0.392 e. The van der Waals surface area contributed by atoms with Gasteiger partial charge >= 0.3 is 0 Å². The van der Waals surface area contributed by atoms with Crippen LogP contribution >= 0.6 is 0 Å². The van der Waals surface area contributed by atoms with Gasteiger partial charge in [0.15, 0.2) is 0 Å². The molecule has 0 spiro atoms. The van der Waals surface area contributed by atoms with E-state index in [1.807, 2.05) is 30.3 Å². The van der Waals surface area contributed by atoms with Gasteiger partial charge in [0.1, 0.15) is 0 Å². The van der Waals surface area contributed by atoms with Gasteiger partial charge in [-0.15, -0.1) is 6.58 Å². The van der Waals surface area contributed by atoms with E-state index in [0.717, 1.165) is 36.8 Å². The number of hydrogen-bond acceptors (Lipinski definition) is 2. The van der Waals surface area contributed by atoms with Crippen molar-refractivity contribution in [3.8, 4) is 0 Å². The normalized spacial score (nSPS) is 12.4. The molecule has 0 saturated carbocycles. The first-order valence-electron chi connectivity index (χ1n) is 5.77. The van der Waals surface area contributed by atoms with Crippen molar-refractivity contribution in [2.45, 2.75) is 38.4 Å². The Morgan fingerprint density at radius 2 is 2.00 bits per heavy atom. The van der Waals surface area contributed by atoms with Gasteiger partial charge in [-0.25, -0.2) is 0 Å². The molecular weight excluding hydrogens is 200 g/mol. The van der Waals surface area contributed by atoms with Crippen LogP contribution < -0.4 is 0 Å². The molecule has 0 heterocycles. The van der Waals surface area contributed by atoms with Crippen LogP contribution in [-0.2, 0) is 6.61 Å². The predicted molar refractivity (Wildman–Crippen MR) is 66.0 cm³/mol. The van der Waals surface area contributed by atoms with Crippen LogP contribution in [0.25, 0.3) is 0 Å². The molecule has 2 heteroatoms. The van der Waals surface area contributed by atoms with Gasteiger partial charge in [0, 0.05) is 0 Å². The molecule has 1 atom stereocenters. The maximum atomic E-state index is 9.99. The third kappa shape index (κ3) is 3.80. The minimum absolute atomic E-state index is 0.0140. The van der Waals surface area contributed by atoms with Gasteiger partial charge in [-0.1, -0.05) is 36.8 Å². The molecule has 0 bridgehead atoms. The fourth-order valence-corrected chi connectivity index (χ4v) is 1.79. The van der Waals surface area contributed by atoms with E-state index in [9.17, 15) is 5.11 Å². The molecule has 16 heavy (non-hydrogen) atoms. The Balaban J connectivity index is 2.51. The van der Waals surface area contributed by atoms with Gasteiger partial charge in [-0.3, -0.25) is 0 Å². The Bertz CT molecular complexity index is 320. The van der Waals surface area contributed by atoms with Crippen molar-refractivity contribution in [1.82, 2.24) is 0 Å². The molecular formula is C14H20O2. The topological polar surface area (TPSA) is 40.5 Å². The van der Waals surface area contributed by atoms with Crippen LogP contribution in [0.1, 0.15) is 42.9 Å². The highest BCUT2D eigenvalue weighted by Crippen LogP contribution is 2.23. The van der Waals surface area contributed by atoms with Gasteiger partial charge in [0.2, 0.25) is 0 Å². The summed E-state index contributed by atoms with van der Waals surface area (Å²) in [4.78, 5) is 0. The summed E-state index contributed by atoms with van der Waals surface area (Å²) in [5.74, 6) is 0. The standard InChI is InChI=1S/C14H20O2/c1-2-3-4-5-10-14(16)13-9-7-6-8-12(13)11-15/h2,6-9,14-16H,1,3-5,10-11H2. The number of aliphatic hydroxyl groups excluding tert-OH is 2. The molecule has 0 saturated heterocycles. The SMILES string of the molecule is C=CCCCCC(O)c1ccccc1CO. The summed E-state index contributed by atoms with van der Waals surface area (Å²) in [5.41, 5.74) is 1.67. The molecule has 0 radical (unpaired) electrons. The molecule has 0 aliphatic carbocycles. The second-order valence-corrected chi connectivity index (χ2v) is 3.95. The van der Waals surface area contributed by atoms with Gasteiger partial charge in [-0.05, 0) is 30.4 Å². The second kappa shape index (κ2) is 7.20. The lowest BCUT2D eigenvalue weighted by Gasteiger charge is -2.14. The summed E-state index contributed by atoms with van der Waals surface area (Å²) in [5, 5.41) is 19.1. The summed E-state index contributed by atoms with van der Waals surface area (Å²) in [6.07, 6.45) is 5.20. The third-order valence-corrected chi connectivity index (χ3v) is 2.72. The molecule has 0 amide bonds. The molecule has 88 valence electrons. The monoisotopic (exact) mass is 220 g/mol. The Morgan fingerprint density at radius 1 is 1.25 bits per heavy atom. The van der Waals surface area contributed by atoms with Crippen LogP contribution in [0.3, 0.4) is 0 Å². The molecule has 2 nitrogen and oxygen atoms in total. The summed E-state index contributed by atoms with van der Waals surface area (Å²) in [6, 6.07) is 7.49. The molecule has 1 aromatic carbocycles. The van der Waals surface area contributed by atoms with E-state index in [4.69, 9.17) is 5.11 Å². The van der Waals surface area contributed by atoms with E-state index in [-0.39, 0.29) is 6.61 Å². The lowest BCUT2D eigenvalue weighted by atomic mass is 9.98. The van der Waals surface area contributed by atoms with E-state index in [2.05, 4.69) is 6.58 Å². The first-order valence-corrected chi connectivity index (χ1v) is 5.77. The first-order chi connectivity index (χ1) is 7.79. The van der Waals surface area contributed by atoms with Crippen LogP contribution in [-0.4, -0.2) is 10.2 Å². The zero-order chi connectivity index (χ0) is 11.8. The van der Waals surface area contributed by atoms with Crippen molar-refractivity contribution >= 4 is 0 Å². The molecule has 1 unspecified atom stereocenters. The van der Waals surface area contributed by atoms with Crippen LogP contribution in [0.15, 0.2) is 36.9 Å². The Hall–Kier alpha value is -1.12. The van der Waals surface area contributed by atoms with Gasteiger partial charge < -0.3 is 10.2 Å². The largest absolute Gasteiger partial charge is 0.392 e. The Kier molecular flexibility index (Phi) is 5.83. The van der Waals surface area contributed by atoms with Gasteiger partial charge in [0.25, 0.3) is 0 Å². The van der Waals surface area contributed by atoms with Crippen molar-refractivity contribution in [2.24, 2.45) is 0 Å². The van der Waals surface area contributed by atoms with Crippen LogP contribution in [0.2, 0.25) is 0 Å². The van der Waals surface area contributed by atoms with E-state index in [1.165, 1.54) is 0 Å². The smallest absolute Gasteiger partial charge is 0.0793 e. The molecule has 0 aliphatic heterocycles. The van der Waals surface area contributed by atoms with Crippen molar-refractivity contribution in [3.63, 3.8) is 0 Å². The summed E-state index contributed by atoms with van der Waals surface area (Å²) >= 11 is 0. The van der Waals surface area contributed by atoms with Crippen molar-refractivity contribution < 1.29 is 10.2 Å². The zero-order valence-corrected chi connectivity index (χ0v) is 9.60. The summed E-state index contributed by atoms with van der Waals surface area (Å²) < 4.78 is 0. The maximum absolute atomic E-state index is 9.99. The number of benzene rings is 1. The van der Waals surface area contributed by atoms with Crippen LogP contribution in [0, 0.1) is 0 Å². The zero-order valence-electron chi connectivity index (χ0n) is 9.60. The number of unbranched alkanes of at least 4 members (excludes halogenated alkanes) is 2. The predicted octanol–water partition coefficient (Wildman–Crippen LogP) is 2.96. The minimum atomic E-state index is -0.465. The van der Waals surface area contributed by atoms with Crippen LogP contribution in [0.4, 0.5) is 0 Å². The number of aliphatic hydroxyl groups is 2. The second-order valence-electron chi connectivity index (χ2n) is 3.95. The fraction of sp³-hybridized carbons (Fsp3) is 0.429. The van der Waals surface area contributed by atoms with E-state index < -0.39 is 6.10 Å².